The van der Waals surface area contributed by atoms with Gasteiger partial charge in [0.1, 0.15) is 0 Å². The van der Waals surface area contributed by atoms with Crippen molar-refractivity contribution >= 4 is 11.8 Å². The number of piperidine rings is 1. The average molecular weight is 320 g/mol. The maximum Gasteiger partial charge on any atom is 0.0488 e. The van der Waals surface area contributed by atoms with E-state index in [1.807, 2.05) is 0 Å². The van der Waals surface area contributed by atoms with Crippen LogP contribution in [-0.2, 0) is 6.42 Å². The van der Waals surface area contributed by atoms with E-state index in [0.29, 0.717) is 6.61 Å². The molecule has 0 radical (unpaired) electrons. The maximum absolute atomic E-state index is 9.99. The smallest absolute Gasteiger partial charge is 0.0488 e. The first-order valence-electron chi connectivity index (χ1n) is 8.78. The third-order valence-corrected chi connectivity index (χ3v) is 6.74. The van der Waals surface area contributed by atoms with Crippen LogP contribution in [0.25, 0.3) is 0 Å². The van der Waals surface area contributed by atoms with Gasteiger partial charge in [-0.05, 0) is 74.1 Å². The highest BCUT2D eigenvalue weighted by atomic mass is 32.2. The van der Waals surface area contributed by atoms with Crippen molar-refractivity contribution < 1.29 is 5.11 Å². The van der Waals surface area contributed by atoms with Crippen LogP contribution in [0.3, 0.4) is 0 Å². The van der Waals surface area contributed by atoms with E-state index < -0.39 is 0 Å². The number of aliphatic hydroxyl groups excluding tert-OH is 1. The molecule has 2 fully saturated rings. The molecule has 3 rings (SSSR count). The van der Waals surface area contributed by atoms with Gasteiger partial charge in [0.05, 0.1) is 0 Å². The normalized spacial score (nSPS) is 23.5. The average Bonchev–Trinajstić information content (AvgIpc) is 2.62. The molecule has 0 atom stereocenters. The van der Waals surface area contributed by atoms with E-state index in [1.165, 1.54) is 55.8 Å². The van der Waals surface area contributed by atoms with E-state index in [2.05, 4.69) is 47.0 Å². The number of benzene rings is 1. The molecular formula is C19H29NOS. The first-order valence-corrected chi connectivity index (χ1v) is 9.93. The number of aliphatic hydroxyl groups is 1. The largest absolute Gasteiger partial charge is 0.396 e. The minimum Gasteiger partial charge on any atom is -0.396 e. The zero-order valence-electron chi connectivity index (χ0n) is 13.5. The molecule has 3 heteroatoms. The molecule has 0 unspecified atom stereocenters. The molecule has 2 nitrogen and oxygen atoms in total. The second-order valence-corrected chi connectivity index (χ2v) is 8.25. The molecule has 0 saturated carbocycles. The number of nitrogens with zero attached hydrogens (tertiary/aromatic N) is 1. The van der Waals surface area contributed by atoms with Crippen LogP contribution in [0, 0.1) is 5.41 Å². The number of likely N-dealkylation sites (tertiary alicyclic amines) is 1. The van der Waals surface area contributed by atoms with Crippen LogP contribution in [-0.4, -0.2) is 47.3 Å². The van der Waals surface area contributed by atoms with Crippen molar-refractivity contribution in [1.29, 1.82) is 0 Å². The van der Waals surface area contributed by atoms with Gasteiger partial charge in [-0.2, -0.15) is 11.8 Å². The molecule has 1 aromatic carbocycles. The monoisotopic (exact) mass is 319 g/mol. The molecule has 22 heavy (non-hydrogen) atoms. The van der Waals surface area contributed by atoms with Gasteiger partial charge in [-0.3, -0.25) is 0 Å². The molecule has 1 N–H and O–H groups in total. The Balaban J connectivity index is 1.52. The van der Waals surface area contributed by atoms with Crippen molar-refractivity contribution in [1.82, 2.24) is 4.90 Å². The van der Waals surface area contributed by atoms with Gasteiger partial charge in [0.2, 0.25) is 0 Å². The molecule has 2 aliphatic heterocycles. The Hall–Kier alpha value is -0.510. The molecule has 0 spiro atoms. The zero-order valence-corrected chi connectivity index (χ0v) is 14.4. The highest BCUT2D eigenvalue weighted by Crippen LogP contribution is 2.37. The van der Waals surface area contributed by atoms with Crippen LogP contribution in [0.15, 0.2) is 30.3 Å². The summed E-state index contributed by atoms with van der Waals surface area (Å²) in [6, 6.07) is 11.5. The van der Waals surface area contributed by atoms with Crippen molar-refractivity contribution in [2.45, 2.75) is 44.6 Å². The molecular weight excluding hydrogens is 290 g/mol. The lowest BCUT2D eigenvalue weighted by atomic mass is 9.74. The molecule has 0 amide bonds. The highest BCUT2D eigenvalue weighted by molar-refractivity contribution is 7.99. The van der Waals surface area contributed by atoms with Crippen LogP contribution >= 0.6 is 11.8 Å². The molecule has 0 aliphatic carbocycles. The van der Waals surface area contributed by atoms with Crippen molar-refractivity contribution in [3.63, 3.8) is 0 Å². The standard InChI is InChI=1S/C19H29NOS/c21-16-19(9-6-17-4-2-1-3-5-17)10-12-20(13-11-19)18-7-14-22-15-8-18/h1-5,18,21H,6-16H2. The summed E-state index contributed by atoms with van der Waals surface area (Å²) in [6.07, 6.45) is 7.28. The Kier molecular flexibility index (Phi) is 5.83. The fourth-order valence-electron chi connectivity index (χ4n) is 3.96. The van der Waals surface area contributed by atoms with E-state index in [9.17, 15) is 5.11 Å². The van der Waals surface area contributed by atoms with Crippen molar-refractivity contribution in [3.8, 4) is 0 Å². The van der Waals surface area contributed by atoms with Gasteiger partial charge in [0.25, 0.3) is 0 Å². The van der Waals surface area contributed by atoms with Gasteiger partial charge >= 0.3 is 0 Å². The zero-order chi connectivity index (χ0) is 15.3. The summed E-state index contributed by atoms with van der Waals surface area (Å²) < 4.78 is 0. The Labute approximate surface area is 139 Å². The summed E-state index contributed by atoms with van der Waals surface area (Å²) in [5, 5.41) is 9.99. The first-order chi connectivity index (χ1) is 10.8. The fraction of sp³-hybridized carbons (Fsp3) is 0.684. The van der Waals surface area contributed by atoms with Gasteiger partial charge in [-0.1, -0.05) is 30.3 Å². The molecule has 0 aromatic heterocycles. The second-order valence-electron chi connectivity index (χ2n) is 7.02. The van der Waals surface area contributed by atoms with E-state index in [-0.39, 0.29) is 5.41 Å². The number of hydrogen-bond acceptors (Lipinski definition) is 3. The van der Waals surface area contributed by atoms with Crippen LogP contribution in [0.5, 0.6) is 0 Å². The van der Waals surface area contributed by atoms with E-state index in [4.69, 9.17) is 0 Å². The van der Waals surface area contributed by atoms with Crippen molar-refractivity contribution in [3.05, 3.63) is 35.9 Å². The van der Waals surface area contributed by atoms with Gasteiger partial charge in [-0.15, -0.1) is 0 Å². The Morgan fingerprint density at radius 2 is 1.77 bits per heavy atom. The first kappa shape index (κ1) is 16.4. The predicted molar refractivity (Wildman–Crippen MR) is 95.4 cm³/mol. The highest BCUT2D eigenvalue weighted by Gasteiger charge is 2.35. The van der Waals surface area contributed by atoms with Gasteiger partial charge in [-0.25, -0.2) is 0 Å². The maximum atomic E-state index is 9.99. The summed E-state index contributed by atoms with van der Waals surface area (Å²) in [5.41, 5.74) is 1.57. The molecule has 2 heterocycles. The minimum atomic E-state index is 0.162. The Bertz CT molecular complexity index is 436. The van der Waals surface area contributed by atoms with Gasteiger partial charge in [0.15, 0.2) is 0 Å². The van der Waals surface area contributed by atoms with E-state index in [1.54, 1.807) is 0 Å². The third-order valence-electron chi connectivity index (χ3n) is 5.69. The summed E-state index contributed by atoms with van der Waals surface area (Å²) in [4.78, 5) is 2.70. The minimum absolute atomic E-state index is 0.162. The molecule has 1 aromatic rings. The number of aryl methyl sites for hydroxylation is 1. The van der Waals surface area contributed by atoms with Crippen molar-refractivity contribution in [2.75, 3.05) is 31.2 Å². The molecule has 0 bridgehead atoms. The van der Waals surface area contributed by atoms with E-state index >= 15 is 0 Å². The lowest BCUT2D eigenvalue weighted by molar-refractivity contribution is 0.0199. The summed E-state index contributed by atoms with van der Waals surface area (Å²) >= 11 is 2.11. The van der Waals surface area contributed by atoms with Crippen LogP contribution in [0.2, 0.25) is 0 Å². The molecule has 2 saturated heterocycles. The topological polar surface area (TPSA) is 23.5 Å². The second kappa shape index (κ2) is 7.85. The SMILES string of the molecule is OCC1(CCc2ccccc2)CCN(C2CCSCC2)CC1. The van der Waals surface area contributed by atoms with Gasteiger partial charge < -0.3 is 10.0 Å². The Morgan fingerprint density at radius 1 is 1.09 bits per heavy atom. The quantitative estimate of drug-likeness (QED) is 0.897. The van der Waals surface area contributed by atoms with Crippen molar-refractivity contribution in [2.24, 2.45) is 5.41 Å². The summed E-state index contributed by atoms with van der Waals surface area (Å²) in [6.45, 7) is 2.73. The number of hydrogen-bond donors (Lipinski definition) is 1. The third kappa shape index (κ3) is 4.06. The summed E-state index contributed by atoms with van der Waals surface area (Å²) in [7, 11) is 0. The van der Waals surface area contributed by atoms with Gasteiger partial charge in [0, 0.05) is 12.6 Å². The molecule has 122 valence electrons. The van der Waals surface area contributed by atoms with Crippen LogP contribution < -0.4 is 0 Å². The summed E-state index contributed by atoms with van der Waals surface area (Å²) in [5.74, 6) is 2.67. The lowest BCUT2D eigenvalue weighted by Crippen LogP contribution is -2.47. The predicted octanol–water partition coefficient (Wildman–Crippen LogP) is 3.59. The Morgan fingerprint density at radius 3 is 2.41 bits per heavy atom. The number of thioether (sulfide) groups is 1. The van der Waals surface area contributed by atoms with Crippen LogP contribution in [0.4, 0.5) is 0 Å². The fourth-order valence-corrected chi connectivity index (χ4v) is 5.04. The number of rotatable bonds is 5. The lowest BCUT2D eigenvalue weighted by Gasteiger charge is -2.44. The van der Waals surface area contributed by atoms with Crippen LogP contribution in [0.1, 0.15) is 37.7 Å². The molecule has 2 aliphatic rings. The van der Waals surface area contributed by atoms with E-state index in [0.717, 1.165) is 18.9 Å².